The van der Waals surface area contributed by atoms with Gasteiger partial charge in [0.15, 0.2) is 0 Å². The second kappa shape index (κ2) is 6.15. The fraction of sp³-hybridized carbons (Fsp3) is 0.250. The zero-order valence-electron chi connectivity index (χ0n) is 11.0. The Morgan fingerprint density at radius 2 is 2.30 bits per heavy atom. The van der Waals surface area contributed by atoms with Crippen molar-refractivity contribution < 1.29 is 4.79 Å². The van der Waals surface area contributed by atoms with Crippen LogP contribution in [0.3, 0.4) is 0 Å². The maximum absolute atomic E-state index is 12.1. The van der Waals surface area contributed by atoms with Gasteiger partial charge in [-0.3, -0.25) is 4.79 Å². The summed E-state index contributed by atoms with van der Waals surface area (Å²) in [6.07, 6.45) is 1.38. The maximum atomic E-state index is 12.1. The minimum atomic E-state index is -0.361. The second-order valence-electron chi connectivity index (χ2n) is 4.18. The fourth-order valence-electron chi connectivity index (χ4n) is 1.51. The van der Waals surface area contributed by atoms with Gasteiger partial charge in [-0.15, -0.1) is 10.2 Å². The van der Waals surface area contributed by atoms with Crippen LogP contribution in [-0.4, -0.2) is 26.0 Å². The lowest BCUT2D eigenvalue weighted by molar-refractivity contribution is -0.115. The number of hydrogen-bond acceptors (Lipinski definition) is 5. The van der Waals surface area contributed by atoms with Crippen molar-refractivity contribution in [2.24, 2.45) is 0 Å². The van der Waals surface area contributed by atoms with Crippen molar-refractivity contribution in [3.63, 3.8) is 0 Å². The van der Waals surface area contributed by atoms with Crippen LogP contribution in [0.5, 0.6) is 0 Å². The zero-order valence-corrected chi connectivity index (χ0v) is 12.6. The first kappa shape index (κ1) is 14.7. The third kappa shape index (κ3) is 3.23. The lowest BCUT2D eigenvalue weighted by Gasteiger charge is -2.13. The lowest BCUT2D eigenvalue weighted by Crippen LogP contribution is -2.23. The number of benzene rings is 1. The molecule has 1 aromatic heterocycles. The van der Waals surface area contributed by atoms with Gasteiger partial charge in [0.1, 0.15) is 6.33 Å². The summed E-state index contributed by atoms with van der Waals surface area (Å²) in [7, 11) is 0. The van der Waals surface area contributed by atoms with Crippen LogP contribution in [-0.2, 0) is 4.79 Å². The second-order valence-corrected chi connectivity index (χ2v) is 5.90. The van der Waals surface area contributed by atoms with Gasteiger partial charge in [0, 0.05) is 10.7 Å². The summed E-state index contributed by atoms with van der Waals surface area (Å²) in [6.45, 7) is 3.63. The van der Waals surface area contributed by atoms with Crippen molar-refractivity contribution in [1.82, 2.24) is 14.9 Å². The SMILES string of the molecule is Cc1c(Cl)cccc1NC(=O)C(C)Sc1nncn1N. The molecule has 20 heavy (non-hydrogen) atoms. The molecule has 1 atom stereocenters. The van der Waals surface area contributed by atoms with E-state index in [-0.39, 0.29) is 11.2 Å². The van der Waals surface area contributed by atoms with E-state index in [9.17, 15) is 4.79 Å². The molecule has 0 aliphatic heterocycles. The van der Waals surface area contributed by atoms with Gasteiger partial charge in [-0.05, 0) is 31.5 Å². The van der Waals surface area contributed by atoms with Gasteiger partial charge in [0.25, 0.3) is 0 Å². The van der Waals surface area contributed by atoms with Crippen molar-refractivity contribution in [1.29, 1.82) is 0 Å². The van der Waals surface area contributed by atoms with Gasteiger partial charge >= 0.3 is 0 Å². The van der Waals surface area contributed by atoms with Crippen LogP contribution in [0, 0.1) is 6.92 Å². The standard InChI is InChI=1S/C12H14ClN5OS/c1-7-9(13)4-3-5-10(7)16-11(19)8(2)20-12-17-15-6-18(12)14/h3-6,8H,14H2,1-2H3,(H,16,19). The van der Waals surface area contributed by atoms with E-state index in [1.54, 1.807) is 19.1 Å². The molecule has 1 heterocycles. The van der Waals surface area contributed by atoms with Crippen molar-refractivity contribution in [2.75, 3.05) is 11.2 Å². The van der Waals surface area contributed by atoms with Crippen LogP contribution >= 0.6 is 23.4 Å². The molecule has 106 valence electrons. The Hall–Kier alpha value is -1.73. The highest BCUT2D eigenvalue weighted by Gasteiger charge is 2.18. The van der Waals surface area contributed by atoms with Gasteiger partial charge in [0.05, 0.1) is 5.25 Å². The molecule has 0 saturated carbocycles. The van der Waals surface area contributed by atoms with E-state index in [2.05, 4.69) is 15.5 Å². The van der Waals surface area contributed by atoms with Crippen molar-refractivity contribution in [2.45, 2.75) is 24.3 Å². The van der Waals surface area contributed by atoms with E-state index in [1.807, 2.05) is 13.0 Å². The number of nitrogen functional groups attached to an aromatic ring is 1. The minimum absolute atomic E-state index is 0.150. The number of amides is 1. The van der Waals surface area contributed by atoms with Crippen LogP contribution in [0.15, 0.2) is 29.7 Å². The van der Waals surface area contributed by atoms with Crippen LogP contribution in [0.25, 0.3) is 0 Å². The van der Waals surface area contributed by atoms with E-state index in [0.717, 1.165) is 5.56 Å². The summed E-state index contributed by atoms with van der Waals surface area (Å²) in [4.78, 5) is 12.1. The van der Waals surface area contributed by atoms with E-state index >= 15 is 0 Å². The maximum Gasteiger partial charge on any atom is 0.237 e. The summed E-state index contributed by atoms with van der Waals surface area (Å²) >= 11 is 7.25. The Morgan fingerprint density at radius 3 is 2.95 bits per heavy atom. The Labute approximate surface area is 125 Å². The molecule has 1 amide bonds. The molecular weight excluding hydrogens is 298 g/mol. The highest BCUT2D eigenvalue weighted by atomic mass is 35.5. The van der Waals surface area contributed by atoms with Gasteiger partial charge in [-0.1, -0.05) is 29.4 Å². The molecule has 0 aliphatic rings. The number of hydrogen-bond donors (Lipinski definition) is 2. The number of thioether (sulfide) groups is 1. The van der Waals surface area contributed by atoms with Crippen molar-refractivity contribution in [3.05, 3.63) is 35.1 Å². The van der Waals surface area contributed by atoms with E-state index in [1.165, 1.54) is 22.8 Å². The lowest BCUT2D eigenvalue weighted by atomic mass is 10.2. The highest BCUT2D eigenvalue weighted by molar-refractivity contribution is 8.00. The number of aromatic nitrogens is 3. The van der Waals surface area contributed by atoms with E-state index in [0.29, 0.717) is 15.9 Å². The number of anilines is 1. The number of halogens is 1. The molecule has 0 bridgehead atoms. The molecule has 0 fully saturated rings. The average molecular weight is 312 g/mol. The van der Waals surface area contributed by atoms with Gasteiger partial charge in [-0.2, -0.15) is 0 Å². The highest BCUT2D eigenvalue weighted by Crippen LogP contribution is 2.25. The Morgan fingerprint density at radius 1 is 1.55 bits per heavy atom. The molecule has 2 rings (SSSR count). The number of nitrogens with zero attached hydrogens (tertiary/aromatic N) is 3. The molecule has 8 heteroatoms. The van der Waals surface area contributed by atoms with Crippen LogP contribution in [0.2, 0.25) is 5.02 Å². The van der Waals surface area contributed by atoms with Gasteiger partial charge in [0.2, 0.25) is 11.1 Å². The fourth-order valence-corrected chi connectivity index (χ4v) is 2.43. The third-order valence-electron chi connectivity index (χ3n) is 2.72. The Balaban J connectivity index is 2.04. The third-order valence-corrected chi connectivity index (χ3v) is 4.20. The molecular formula is C12H14ClN5OS. The largest absolute Gasteiger partial charge is 0.336 e. The number of nitrogens with two attached hydrogens (primary N) is 1. The molecule has 2 aromatic rings. The minimum Gasteiger partial charge on any atom is -0.336 e. The van der Waals surface area contributed by atoms with Crippen molar-refractivity contribution in [3.8, 4) is 0 Å². The first-order chi connectivity index (χ1) is 9.49. The number of nitrogens with one attached hydrogen (secondary N) is 1. The summed E-state index contributed by atoms with van der Waals surface area (Å²) in [6, 6.07) is 5.38. The number of carbonyl (C=O) groups is 1. The normalized spacial score (nSPS) is 12.2. The zero-order chi connectivity index (χ0) is 14.7. The smallest absolute Gasteiger partial charge is 0.237 e. The van der Waals surface area contributed by atoms with Crippen molar-refractivity contribution >= 4 is 35.0 Å². The van der Waals surface area contributed by atoms with Gasteiger partial charge < -0.3 is 11.2 Å². The first-order valence-corrected chi connectivity index (χ1v) is 7.12. The number of rotatable bonds is 4. The van der Waals surface area contributed by atoms with Gasteiger partial charge in [-0.25, -0.2) is 4.68 Å². The summed E-state index contributed by atoms with van der Waals surface area (Å²) in [5, 5.41) is 11.1. The predicted octanol–water partition coefficient (Wildman–Crippen LogP) is 2.07. The van der Waals surface area contributed by atoms with Crippen LogP contribution in [0.4, 0.5) is 5.69 Å². The average Bonchev–Trinajstić information content (AvgIpc) is 2.80. The summed E-state index contributed by atoms with van der Waals surface area (Å²) in [5.74, 6) is 5.46. The quantitative estimate of drug-likeness (QED) is 0.667. The molecule has 6 nitrogen and oxygen atoms in total. The Kier molecular flexibility index (Phi) is 4.51. The Bertz CT molecular complexity index is 630. The molecule has 0 aliphatic carbocycles. The number of carbonyl (C=O) groups excluding carboxylic acids is 1. The molecule has 0 saturated heterocycles. The van der Waals surface area contributed by atoms with E-state index < -0.39 is 0 Å². The van der Waals surface area contributed by atoms with Crippen LogP contribution < -0.4 is 11.2 Å². The van der Waals surface area contributed by atoms with Crippen LogP contribution in [0.1, 0.15) is 12.5 Å². The molecule has 0 spiro atoms. The molecule has 0 radical (unpaired) electrons. The molecule has 1 aromatic carbocycles. The summed E-state index contributed by atoms with van der Waals surface area (Å²) < 4.78 is 1.28. The van der Waals surface area contributed by atoms with E-state index in [4.69, 9.17) is 17.4 Å². The topological polar surface area (TPSA) is 85.8 Å². The first-order valence-electron chi connectivity index (χ1n) is 5.86. The molecule has 1 unspecified atom stereocenters. The predicted molar refractivity (Wildman–Crippen MR) is 80.3 cm³/mol. The monoisotopic (exact) mass is 311 g/mol. The summed E-state index contributed by atoms with van der Waals surface area (Å²) in [5.41, 5.74) is 1.53. The molecule has 3 N–H and O–H groups in total.